The number of rotatable bonds is 4. The van der Waals surface area contributed by atoms with Crippen LogP contribution in [0.25, 0.3) is 0 Å². The Hall–Kier alpha value is -2.34. The summed E-state index contributed by atoms with van der Waals surface area (Å²) in [5, 5.41) is 12.9. The number of amides is 1. The van der Waals surface area contributed by atoms with Gasteiger partial charge in [-0.15, -0.1) is 0 Å². The first-order valence-corrected chi connectivity index (χ1v) is 6.69. The number of aliphatic hydroxyl groups is 1. The van der Waals surface area contributed by atoms with Crippen LogP contribution in [0.5, 0.6) is 0 Å². The fourth-order valence-corrected chi connectivity index (χ4v) is 2.09. The molecule has 0 spiro atoms. The van der Waals surface area contributed by atoms with E-state index in [1.165, 1.54) is 6.92 Å². The van der Waals surface area contributed by atoms with Gasteiger partial charge in [0.25, 0.3) is 5.91 Å². The highest BCUT2D eigenvalue weighted by Crippen LogP contribution is 2.23. The Kier molecular flexibility index (Phi) is 4.51. The second-order valence-electron chi connectivity index (χ2n) is 5.22. The van der Waals surface area contributed by atoms with Gasteiger partial charge in [-0.3, -0.25) is 9.78 Å². The average molecular weight is 306 g/mol. The maximum absolute atomic E-state index is 13.7. The van der Waals surface area contributed by atoms with Crippen LogP contribution in [0.2, 0.25) is 0 Å². The standard InChI is InChI=1S/C16H16F2N2O2/c1-10-12(4-3-7-19-10)15(21)20-9-16(2,22)13-6-5-11(17)8-14(13)18/h3-8,22H,9H2,1-2H3,(H,20,21). The zero-order chi connectivity index (χ0) is 16.3. The summed E-state index contributed by atoms with van der Waals surface area (Å²) >= 11 is 0. The van der Waals surface area contributed by atoms with E-state index in [1.54, 1.807) is 25.3 Å². The molecule has 0 saturated carbocycles. The van der Waals surface area contributed by atoms with E-state index in [2.05, 4.69) is 10.3 Å². The summed E-state index contributed by atoms with van der Waals surface area (Å²) in [5.41, 5.74) is -0.827. The molecule has 1 amide bonds. The van der Waals surface area contributed by atoms with Crippen molar-refractivity contribution in [1.29, 1.82) is 0 Å². The minimum Gasteiger partial charge on any atom is -0.383 e. The van der Waals surface area contributed by atoms with Crippen molar-refractivity contribution >= 4 is 5.91 Å². The summed E-state index contributed by atoms with van der Waals surface area (Å²) in [4.78, 5) is 16.1. The van der Waals surface area contributed by atoms with Gasteiger partial charge in [-0.25, -0.2) is 8.78 Å². The summed E-state index contributed by atoms with van der Waals surface area (Å²) in [7, 11) is 0. The lowest BCUT2D eigenvalue weighted by Crippen LogP contribution is -2.39. The van der Waals surface area contributed by atoms with Crippen LogP contribution in [0, 0.1) is 18.6 Å². The predicted molar refractivity (Wildman–Crippen MR) is 77.2 cm³/mol. The number of pyridine rings is 1. The number of nitrogens with zero attached hydrogens (tertiary/aromatic N) is 1. The van der Waals surface area contributed by atoms with Crippen LogP contribution in [-0.2, 0) is 5.60 Å². The van der Waals surface area contributed by atoms with Gasteiger partial charge in [-0.2, -0.15) is 0 Å². The van der Waals surface area contributed by atoms with Gasteiger partial charge in [0.2, 0.25) is 0 Å². The second kappa shape index (κ2) is 6.19. The first-order chi connectivity index (χ1) is 10.3. The first-order valence-electron chi connectivity index (χ1n) is 6.69. The summed E-state index contributed by atoms with van der Waals surface area (Å²) < 4.78 is 26.7. The molecule has 1 heterocycles. The van der Waals surface area contributed by atoms with Crippen LogP contribution < -0.4 is 5.32 Å². The van der Waals surface area contributed by atoms with Crippen LogP contribution >= 0.6 is 0 Å². The lowest BCUT2D eigenvalue weighted by molar-refractivity contribution is 0.0494. The molecule has 1 atom stereocenters. The summed E-state index contributed by atoms with van der Waals surface area (Å²) in [5.74, 6) is -2.02. The van der Waals surface area contributed by atoms with E-state index in [-0.39, 0.29) is 12.1 Å². The molecular formula is C16H16F2N2O2. The third-order valence-corrected chi connectivity index (χ3v) is 3.36. The molecule has 2 rings (SSSR count). The topological polar surface area (TPSA) is 62.2 Å². The Morgan fingerprint density at radius 1 is 1.36 bits per heavy atom. The Labute approximate surface area is 126 Å². The molecule has 0 fully saturated rings. The van der Waals surface area contributed by atoms with Crippen molar-refractivity contribution in [3.05, 3.63) is 65.0 Å². The van der Waals surface area contributed by atoms with E-state index < -0.39 is 23.1 Å². The number of aryl methyl sites for hydroxylation is 1. The number of hydrogen-bond acceptors (Lipinski definition) is 3. The molecule has 6 heteroatoms. The van der Waals surface area contributed by atoms with Crippen LogP contribution in [0.3, 0.4) is 0 Å². The number of carbonyl (C=O) groups is 1. The lowest BCUT2D eigenvalue weighted by atomic mass is 9.95. The van der Waals surface area contributed by atoms with Crippen LogP contribution in [-0.4, -0.2) is 22.5 Å². The smallest absolute Gasteiger partial charge is 0.253 e. The first kappa shape index (κ1) is 16.0. The van der Waals surface area contributed by atoms with Crippen LogP contribution in [0.1, 0.15) is 28.5 Å². The fourth-order valence-electron chi connectivity index (χ4n) is 2.09. The number of aromatic nitrogens is 1. The third-order valence-electron chi connectivity index (χ3n) is 3.36. The van der Waals surface area contributed by atoms with E-state index in [0.717, 1.165) is 12.1 Å². The van der Waals surface area contributed by atoms with Crippen molar-refractivity contribution in [2.45, 2.75) is 19.4 Å². The van der Waals surface area contributed by atoms with E-state index in [4.69, 9.17) is 0 Å². The van der Waals surface area contributed by atoms with Gasteiger partial charge in [0, 0.05) is 23.5 Å². The minimum absolute atomic E-state index is 0.0860. The van der Waals surface area contributed by atoms with E-state index in [9.17, 15) is 18.7 Å². The highest BCUT2D eigenvalue weighted by atomic mass is 19.1. The Morgan fingerprint density at radius 3 is 2.73 bits per heavy atom. The quantitative estimate of drug-likeness (QED) is 0.911. The molecule has 1 unspecified atom stereocenters. The van der Waals surface area contributed by atoms with E-state index in [0.29, 0.717) is 17.3 Å². The number of hydrogen-bond donors (Lipinski definition) is 2. The molecule has 1 aromatic carbocycles. The van der Waals surface area contributed by atoms with Gasteiger partial charge in [0.15, 0.2) is 0 Å². The third kappa shape index (κ3) is 3.46. The van der Waals surface area contributed by atoms with Gasteiger partial charge in [-0.05, 0) is 32.0 Å². The normalized spacial score (nSPS) is 13.5. The zero-order valence-electron chi connectivity index (χ0n) is 12.2. The number of halogens is 2. The number of benzene rings is 1. The predicted octanol–water partition coefficient (Wildman–Crippen LogP) is 2.31. The van der Waals surface area contributed by atoms with Gasteiger partial charge in [0.05, 0.1) is 12.1 Å². The van der Waals surface area contributed by atoms with Crippen molar-refractivity contribution in [2.75, 3.05) is 6.54 Å². The summed E-state index contributed by atoms with van der Waals surface area (Å²) in [6.07, 6.45) is 1.57. The average Bonchev–Trinajstić information content (AvgIpc) is 2.45. The SMILES string of the molecule is Cc1ncccc1C(=O)NCC(C)(O)c1ccc(F)cc1F. The minimum atomic E-state index is -1.66. The van der Waals surface area contributed by atoms with E-state index in [1.807, 2.05) is 0 Å². The Balaban J connectivity index is 2.13. The monoisotopic (exact) mass is 306 g/mol. The van der Waals surface area contributed by atoms with E-state index >= 15 is 0 Å². The van der Waals surface area contributed by atoms with Gasteiger partial charge >= 0.3 is 0 Å². The number of nitrogens with one attached hydrogen (secondary N) is 1. The molecule has 1 aromatic heterocycles. The summed E-state index contributed by atoms with van der Waals surface area (Å²) in [6, 6.07) is 6.13. The van der Waals surface area contributed by atoms with Gasteiger partial charge in [-0.1, -0.05) is 6.07 Å². The molecule has 0 aliphatic rings. The fraction of sp³-hybridized carbons (Fsp3) is 0.250. The van der Waals surface area contributed by atoms with Crippen molar-refractivity contribution in [2.24, 2.45) is 0 Å². The molecule has 0 aliphatic heterocycles. The molecule has 2 aromatic rings. The second-order valence-corrected chi connectivity index (χ2v) is 5.22. The molecule has 2 N–H and O–H groups in total. The lowest BCUT2D eigenvalue weighted by Gasteiger charge is -2.24. The molecule has 0 aliphatic carbocycles. The van der Waals surface area contributed by atoms with Crippen molar-refractivity contribution < 1.29 is 18.7 Å². The molecule has 0 radical (unpaired) electrons. The molecule has 0 bridgehead atoms. The van der Waals surface area contributed by atoms with Gasteiger partial charge < -0.3 is 10.4 Å². The zero-order valence-corrected chi connectivity index (χ0v) is 12.2. The molecule has 116 valence electrons. The van der Waals surface area contributed by atoms with Crippen molar-refractivity contribution in [1.82, 2.24) is 10.3 Å². The number of carbonyl (C=O) groups excluding carboxylic acids is 1. The largest absolute Gasteiger partial charge is 0.383 e. The summed E-state index contributed by atoms with van der Waals surface area (Å²) in [6.45, 7) is 2.81. The Bertz CT molecular complexity index is 702. The maximum atomic E-state index is 13.7. The van der Waals surface area contributed by atoms with Crippen molar-refractivity contribution in [3.8, 4) is 0 Å². The van der Waals surface area contributed by atoms with Crippen LogP contribution in [0.15, 0.2) is 36.5 Å². The molecule has 4 nitrogen and oxygen atoms in total. The molecule has 22 heavy (non-hydrogen) atoms. The molecule has 0 saturated heterocycles. The van der Waals surface area contributed by atoms with Crippen LogP contribution in [0.4, 0.5) is 8.78 Å². The van der Waals surface area contributed by atoms with Gasteiger partial charge in [0.1, 0.15) is 17.2 Å². The highest BCUT2D eigenvalue weighted by molar-refractivity contribution is 5.95. The molecular weight excluding hydrogens is 290 g/mol. The maximum Gasteiger partial charge on any atom is 0.253 e. The van der Waals surface area contributed by atoms with Crippen molar-refractivity contribution in [3.63, 3.8) is 0 Å². The highest BCUT2D eigenvalue weighted by Gasteiger charge is 2.27. The Morgan fingerprint density at radius 2 is 2.09 bits per heavy atom.